The number of nitrogens with one attached hydrogen (secondary N) is 1. The van der Waals surface area contributed by atoms with Gasteiger partial charge in [0.05, 0.1) is 6.54 Å². The molecule has 5 nitrogen and oxygen atoms in total. The van der Waals surface area contributed by atoms with Crippen LogP contribution in [-0.4, -0.2) is 37.1 Å². The van der Waals surface area contributed by atoms with Crippen LogP contribution < -0.4 is 14.8 Å². The highest BCUT2D eigenvalue weighted by molar-refractivity contribution is 5.92. The Hall–Kier alpha value is -2.53. The molecular weight excluding hydrogens is 328 g/mol. The van der Waals surface area contributed by atoms with Gasteiger partial charge in [0.25, 0.3) is 0 Å². The van der Waals surface area contributed by atoms with Crippen molar-refractivity contribution in [1.82, 2.24) is 4.90 Å². The van der Waals surface area contributed by atoms with E-state index in [9.17, 15) is 4.79 Å². The lowest BCUT2D eigenvalue weighted by atomic mass is 10.0. The molecule has 0 bridgehead atoms. The minimum atomic E-state index is 0.0262. The molecule has 0 radical (unpaired) electrons. The molecule has 0 aromatic heterocycles. The molecule has 2 aliphatic rings. The summed E-state index contributed by atoms with van der Waals surface area (Å²) < 4.78 is 11.3. The van der Waals surface area contributed by atoms with Crippen molar-refractivity contribution in [3.63, 3.8) is 0 Å². The molecular formula is C21H24N2O3. The predicted octanol–water partition coefficient (Wildman–Crippen LogP) is 3.54. The van der Waals surface area contributed by atoms with E-state index in [1.807, 2.05) is 37.3 Å². The number of rotatable bonds is 4. The van der Waals surface area contributed by atoms with Crippen LogP contribution in [-0.2, 0) is 4.79 Å². The van der Waals surface area contributed by atoms with Gasteiger partial charge in [-0.2, -0.15) is 0 Å². The van der Waals surface area contributed by atoms with Crippen molar-refractivity contribution < 1.29 is 14.3 Å². The van der Waals surface area contributed by atoms with Gasteiger partial charge in [-0.25, -0.2) is 0 Å². The third kappa shape index (κ3) is 3.68. The number of ether oxygens (including phenoxy) is 2. The maximum Gasteiger partial charge on any atom is 0.238 e. The zero-order valence-corrected chi connectivity index (χ0v) is 15.0. The fraction of sp³-hybridized carbons (Fsp3) is 0.381. The summed E-state index contributed by atoms with van der Waals surface area (Å²) in [6, 6.07) is 14.3. The largest absolute Gasteiger partial charge is 0.486 e. The van der Waals surface area contributed by atoms with Crippen molar-refractivity contribution in [2.45, 2.75) is 25.8 Å². The summed E-state index contributed by atoms with van der Waals surface area (Å²) in [6.07, 6.45) is 2.15. The van der Waals surface area contributed by atoms with Crippen molar-refractivity contribution in [1.29, 1.82) is 0 Å². The zero-order valence-electron chi connectivity index (χ0n) is 15.0. The minimum Gasteiger partial charge on any atom is -0.486 e. The van der Waals surface area contributed by atoms with Crippen LogP contribution in [0.25, 0.3) is 0 Å². The smallest absolute Gasteiger partial charge is 0.238 e. The molecule has 4 rings (SSSR count). The average molecular weight is 352 g/mol. The maximum absolute atomic E-state index is 12.5. The van der Waals surface area contributed by atoms with Gasteiger partial charge in [0, 0.05) is 11.7 Å². The highest BCUT2D eigenvalue weighted by Crippen LogP contribution is 2.37. The lowest BCUT2D eigenvalue weighted by Gasteiger charge is -2.26. The van der Waals surface area contributed by atoms with Crippen LogP contribution in [0.3, 0.4) is 0 Å². The van der Waals surface area contributed by atoms with Crippen molar-refractivity contribution in [3.8, 4) is 11.5 Å². The highest BCUT2D eigenvalue weighted by Gasteiger charge is 2.28. The monoisotopic (exact) mass is 352 g/mol. The molecule has 0 aliphatic carbocycles. The molecule has 2 aromatic carbocycles. The first-order valence-corrected chi connectivity index (χ1v) is 9.19. The molecule has 1 N–H and O–H groups in total. The van der Waals surface area contributed by atoms with E-state index in [2.05, 4.69) is 22.3 Å². The summed E-state index contributed by atoms with van der Waals surface area (Å²) in [7, 11) is 0. The molecule has 1 saturated heterocycles. The summed E-state index contributed by atoms with van der Waals surface area (Å²) in [4.78, 5) is 14.7. The van der Waals surface area contributed by atoms with Crippen LogP contribution in [0, 0.1) is 6.92 Å². The Bertz CT molecular complexity index is 788. The molecule has 0 spiro atoms. The van der Waals surface area contributed by atoms with E-state index < -0.39 is 0 Å². The first-order chi connectivity index (χ1) is 12.7. The molecule has 1 atom stereocenters. The first-order valence-electron chi connectivity index (χ1n) is 9.19. The van der Waals surface area contributed by atoms with Crippen LogP contribution >= 0.6 is 0 Å². The number of fused-ring (bicyclic) bond motifs is 1. The third-order valence-corrected chi connectivity index (χ3v) is 5.00. The lowest BCUT2D eigenvalue weighted by Crippen LogP contribution is -2.33. The Morgan fingerprint density at radius 3 is 2.69 bits per heavy atom. The molecule has 2 aromatic rings. The molecule has 1 unspecified atom stereocenters. The molecule has 136 valence electrons. The number of hydrogen-bond acceptors (Lipinski definition) is 4. The average Bonchev–Trinajstić information content (AvgIpc) is 3.11. The van der Waals surface area contributed by atoms with Crippen LogP contribution in [0.5, 0.6) is 11.5 Å². The predicted molar refractivity (Wildman–Crippen MR) is 101 cm³/mol. The summed E-state index contributed by atoms with van der Waals surface area (Å²) in [6.45, 7) is 4.55. The molecule has 26 heavy (non-hydrogen) atoms. The SMILES string of the molecule is Cc1ccc(NC(=O)CN2CCCC2c2ccc3c(c2)OCCO3)cc1. The minimum absolute atomic E-state index is 0.0262. The Balaban J connectivity index is 1.43. The van der Waals surface area contributed by atoms with Gasteiger partial charge in [-0.1, -0.05) is 23.8 Å². The Kier molecular flexibility index (Phi) is 4.80. The Morgan fingerprint density at radius 1 is 1.12 bits per heavy atom. The van der Waals surface area contributed by atoms with Gasteiger partial charge in [-0.15, -0.1) is 0 Å². The van der Waals surface area contributed by atoms with Crippen molar-refractivity contribution >= 4 is 11.6 Å². The van der Waals surface area contributed by atoms with Crippen LogP contribution in [0.1, 0.15) is 30.0 Å². The van der Waals surface area contributed by atoms with Gasteiger partial charge in [0.2, 0.25) is 5.91 Å². The van der Waals surface area contributed by atoms with E-state index in [-0.39, 0.29) is 11.9 Å². The number of anilines is 1. The maximum atomic E-state index is 12.5. The van der Waals surface area contributed by atoms with E-state index in [4.69, 9.17) is 9.47 Å². The van der Waals surface area contributed by atoms with E-state index in [1.165, 1.54) is 11.1 Å². The quantitative estimate of drug-likeness (QED) is 0.914. The van der Waals surface area contributed by atoms with E-state index >= 15 is 0 Å². The second kappa shape index (κ2) is 7.38. The summed E-state index contributed by atoms with van der Waals surface area (Å²) in [5.74, 6) is 1.64. The molecule has 2 heterocycles. The zero-order chi connectivity index (χ0) is 17.9. The number of benzene rings is 2. The fourth-order valence-electron chi connectivity index (χ4n) is 3.68. The molecule has 1 fully saturated rings. The second-order valence-corrected chi connectivity index (χ2v) is 6.95. The van der Waals surface area contributed by atoms with E-state index in [1.54, 1.807) is 0 Å². The fourth-order valence-corrected chi connectivity index (χ4v) is 3.68. The van der Waals surface area contributed by atoms with Gasteiger partial charge in [0.15, 0.2) is 11.5 Å². The van der Waals surface area contributed by atoms with Crippen LogP contribution in [0.15, 0.2) is 42.5 Å². The number of amides is 1. The molecule has 0 saturated carbocycles. The summed E-state index contributed by atoms with van der Waals surface area (Å²) in [5, 5.41) is 2.99. The van der Waals surface area contributed by atoms with Gasteiger partial charge in [0.1, 0.15) is 13.2 Å². The van der Waals surface area contributed by atoms with Crippen molar-refractivity contribution in [2.75, 3.05) is 31.6 Å². The Morgan fingerprint density at radius 2 is 1.88 bits per heavy atom. The molecule has 5 heteroatoms. The standard InChI is InChI=1S/C21H24N2O3/c1-15-4-7-17(8-5-15)22-21(24)14-23-10-2-3-18(23)16-6-9-19-20(13-16)26-12-11-25-19/h4-9,13,18H,2-3,10-12,14H2,1H3,(H,22,24). The topological polar surface area (TPSA) is 50.8 Å². The molecule has 1 amide bonds. The first kappa shape index (κ1) is 16.9. The van der Waals surface area contributed by atoms with Crippen LogP contribution in [0.2, 0.25) is 0 Å². The summed E-state index contributed by atoms with van der Waals surface area (Å²) >= 11 is 0. The number of carbonyl (C=O) groups excluding carboxylic acids is 1. The normalized spacial score (nSPS) is 19.3. The van der Waals surface area contributed by atoms with E-state index in [0.29, 0.717) is 19.8 Å². The van der Waals surface area contributed by atoms with Gasteiger partial charge < -0.3 is 14.8 Å². The van der Waals surface area contributed by atoms with Gasteiger partial charge in [-0.05, 0) is 56.1 Å². The molecule has 2 aliphatic heterocycles. The number of likely N-dealkylation sites (tertiary alicyclic amines) is 1. The van der Waals surface area contributed by atoms with Gasteiger partial charge in [-0.3, -0.25) is 9.69 Å². The lowest BCUT2D eigenvalue weighted by molar-refractivity contribution is -0.117. The third-order valence-electron chi connectivity index (χ3n) is 5.00. The number of carbonyl (C=O) groups is 1. The number of hydrogen-bond donors (Lipinski definition) is 1. The summed E-state index contributed by atoms with van der Waals surface area (Å²) in [5.41, 5.74) is 3.21. The number of aryl methyl sites for hydroxylation is 1. The van der Waals surface area contributed by atoms with Gasteiger partial charge >= 0.3 is 0 Å². The van der Waals surface area contributed by atoms with E-state index in [0.717, 1.165) is 36.6 Å². The Labute approximate surface area is 153 Å². The second-order valence-electron chi connectivity index (χ2n) is 6.95. The highest BCUT2D eigenvalue weighted by atomic mass is 16.6. The van der Waals surface area contributed by atoms with Crippen molar-refractivity contribution in [2.24, 2.45) is 0 Å². The van der Waals surface area contributed by atoms with Crippen molar-refractivity contribution in [3.05, 3.63) is 53.6 Å². The number of nitrogens with zero attached hydrogens (tertiary/aromatic N) is 1. The van der Waals surface area contributed by atoms with Crippen LogP contribution in [0.4, 0.5) is 5.69 Å².